The van der Waals surface area contributed by atoms with Crippen molar-refractivity contribution < 1.29 is 10.0 Å². The molecule has 0 fully saturated rings. The summed E-state index contributed by atoms with van der Waals surface area (Å²) in [5, 5.41) is 23.3. The number of nitro groups is 1. The number of hydrogen-bond acceptors (Lipinski definition) is 4. The highest BCUT2D eigenvalue weighted by molar-refractivity contribution is 6.30. The molecule has 0 aromatic heterocycles. The Balaban J connectivity index is 2.73. The first-order valence-corrected chi connectivity index (χ1v) is 6.75. The molecule has 19 heavy (non-hydrogen) atoms. The van der Waals surface area contributed by atoms with Gasteiger partial charge in [-0.05, 0) is 30.9 Å². The monoisotopic (exact) mass is 286 g/mol. The number of aliphatic hydroxyl groups excluding tert-OH is 1. The van der Waals surface area contributed by atoms with Gasteiger partial charge in [-0.2, -0.15) is 0 Å². The van der Waals surface area contributed by atoms with Gasteiger partial charge in [0.15, 0.2) is 0 Å². The van der Waals surface area contributed by atoms with E-state index in [9.17, 15) is 10.1 Å². The Hall–Kier alpha value is -1.33. The second-order valence-corrected chi connectivity index (χ2v) is 4.90. The molecule has 0 heterocycles. The zero-order valence-electron chi connectivity index (χ0n) is 10.9. The molecule has 6 heteroatoms. The van der Waals surface area contributed by atoms with Crippen molar-refractivity contribution >= 4 is 23.0 Å². The number of nitrogens with one attached hydrogen (secondary N) is 1. The molecule has 0 aliphatic carbocycles. The van der Waals surface area contributed by atoms with E-state index in [4.69, 9.17) is 16.7 Å². The van der Waals surface area contributed by atoms with Gasteiger partial charge < -0.3 is 10.4 Å². The van der Waals surface area contributed by atoms with Gasteiger partial charge >= 0.3 is 0 Å². The first-order valence-electron chi connectivity index (χ1n) is 6.37. The van der Waals surface area contributed by atoms with Crippen LogP contribution in [0.15, 0.2) is 18.2 Å². The van der Waals surface area contributed by atoms with Crippen LogP contribution in [0.25, 0.3) is 0 Å². The average molecular weight is 287 g/mol. The topological polar surface area (TPSA) is 75.4 Å². The van der Waals surface area contributed by atoms with Crippen molar-refractivity contribution in [3.63, 3.8) is 0 Å². The van der Waals surface area contributed by atoms with E-state index in [-0.39, 0.29) is 12.3 Å². The van der Waals surface area contributed by atoms with Gasteiger partial charge in [-0.25, -0.2) is 0 Å². The second kappa shape index (κ2) is 7.96. The number of halogens is 1. The van der Waals surface area contributed by atoms with Crippen molar-refractivity contribution in [3.05, 3.63) is 33.3 Å². The molecule has 1 aromatic rings. The molecule has 1 unspecified atom stereocenters. The summed E-state index contributed by atoms with van der Waals surface area (Å²) in [4.78, 5) is 10.5. The maximum atomic E-state index is 10.9. The summed E-state index contributed by atoms with van der Waals surface area (Å²) in [5.41, 5.74) is 0.445. The van der Waals surface area contributed by atoms with E-state index >= 15 is 0 Å². The summed E-state index contributed by atoms with van der Waals surface area (Å²) in [5.74, 6) is 0.310. The van der Waals surface area contributed by atoms with E-state index in [0.29, 0.717) is 29.6 Å². The largest absolute Gasteiger partial charge is 0.396 e. The van der Waals surface area contributed by atoms with Crippen LogP contribution in [0.5, 0.6) is 0 Å². The lowest BCUT2D eigenvalue weighted by Gasteiger charge is -2.16. The molecular weight excluding hydrogens is 268 g/mol. The predicted octanol–water partition coefficient (Wildman–Crippen LogP) is 3.46. The average Bonchev–Trinajstić information content (AvgIpc) is 2.37. The first kappa shape index (κ1) is 15.7. The quantitative estimate of drug-likeness (QED) is 0.567. The Morgan fingerprint density at radius 2 is 2.21 bits per heavy atom. The van der Waals surface area contributed by atoms with Crippen molar-refractivity contribution in [3.8, 4) is 0 Å². The molecule has 0 saturated heterocycles. The molecule has 5 nitrogen and oxygen atoms in total. The maximum absolute atomic E-state index is 10.9. The van der Waals surface area contributed by atoms with Crippen LogP contribution in [0.2, 0.25) is 5.02 Å². The minimum absolute atomic E-state index is 0.0215. The molecule has 2 N–H and O–H groups in total. The van der Waals surface area contributed by atoms with Crippen LogP contribution >= 0.6 is 11.6 Å². The maximum Gasteiger partial charge on any atom is 0.293 e. The third kappa shape index (κ3) is 5.04. The van der Waals surface area contributed by atoms with Crippen LogP contribution in [-0.4, -0.2) is 23.2 Å². The van der Waals surface area contributed by atoms with Gasteiger partial charge in [0, 0.05) is 24.2 Å². The molecule has 0 amide bonds. The molecule has 0 bridgehead atoms. The number of nitrogens with zero attached hydrogens (tertiary/aromatic N) is 1. The zero-order chi connectivity index (χ0) is 14.3. The normalized spacial score (nSPS) is 12.2. The summed E-state index contributed by atoms with van der Waals surface area (Å²) >= 11 is 5.76. The third-order valence-corrected chi connectivity index (χ3v) is 3.21. The van der Waals surface area contributed by atoms with E-state index in [1.807, 2.05) is 0 Å². The van der Waals surface area contributed by atoms with Gasteiger partial charge in [-0.3, -0.25) is 10.1 Å². The van der Waals surface area contributed by atoms with Crippen molar-refractivity contribution in [1.29, 1.82) is 0 Å². The lowest BCUT2D eigenvalue weighted by Crippen LogP contribution is -2.16. The van der Waals surface area contributed by atoms with Crippen LogP contribution in [0.1, 0.15) is 26.2 Å². The highest BCUT2D eigenvalue weighted by atomic mass is 35.5. The van der Waals surface area contributed by atoms with Gasteiger partial charge in [0.05, 0.1) is 4.92 Å². The number of rotatable bonds is 8. The van der Waals surface area contributed by atoms with Gasteiger partial charge in [0.25, 0.3) is 5.69 Å². The molecule has 0 spiro atoms. The molecule has 0 saturated carbocycles. The summed E-state index contributed by atoms with van der Waals surface area (Å²) in [6.07, 6.45) is 2.70. The Labute approximate surface area is 117 Å². The molecule has 0 radical (unpaired) electrons. The SMILES string of the molecule is CCCC(CCO)CNc1ccc(Cl)cc1[N+](=O)[O-]. The number of hydrogen-bond donors (Lipinski definition) is 2. The summed E-state index contributed by atoms with van der Waals surface area (Å²) in [6.45, 7) is 2.82. The fraction of sp³-hybridized carbons (Fsp3) is 0.538. The Bertz CT molecular complexity index is 420. The van der Waals surface area contributed by atoms with Crippen LogP contribution in [0.3, 0.4) is 0 Å². The highest BCUT2D eigenvalue weighted by Gasteiger charge is 2.15. The molecule has 0 aliphatic heterocycles. The van der Waals surface area contributed by atoms with Crippen molar-refractivity contribution in [2.45, 2.75) is 26.2 Å². The second-order valence-electron chi connectivity index (χ2n) is 4.47. The highest BCUT2D eigenvalue weighted by Crippen LogP contribution is 2.28. The molecule has 1 atom stereocenters. The lowest BCUT2D eigenvalue weighted by atomic mass is 10.00. The van der Waals surface area contributed by atoms with Gasteiger partial charge in [-0.15, -0.1) is 0 Å². The van der Waals surface area contributed by atoms with E-state index in [2.05, 4.69) is 12.2 Å². The molecule has 1 aromatic carbocycles. The lowest BCUT2D eigenvalue weighted by molar-refractivity contribution is -0.383. The summed E-state index contributed by atoms with van der Waals surface area (Å²) < 4.78 is 0. The van der Waals surface area contributed by atoms with Gasteiger partial charge in [0.2, 0.25) is 0 Å². The number of nitro benzene ring substituents is 1. The zero-order valence-corrected chi connectivity index (χ0v) is 11.7. The van der Waals surface area contributed by atoms with E-state index in [1.165, 1.54) is 6.07 Å². The number of aliphatic hydroxyl groups is 1. The van der Waals surface area contributed by atoms with Crippen LogP contribution in [0.4, 0.5) is 11.4 Å². The van der Waals surface area contributed by atoms with Crippen LogP contribution in [0, 0.1) is 16.0 Å². The fourth-order valence-corrected chi connectivity index (χ4v) is 2.17. The fourth-order valence-electron chi connectivity index (χ4n) is 2.00. The molecule has 0 aliphatic rings. The minimum atomic E-state index is -0.449. The van der Waals surface area contributed by atoms with E-state index in [0.717, 1.165) is 12.8 Å². The molecule has 1 rings (SSSR count). The Morgan fingerprint density at radius 3 is 2.79 bits per heavy atom. The molecule has 106 valence electrons. The molecular formula is C13H19ClN2O3. The summed E-state index contributed by atoms with van der Waals surface area (Å²) in [6, 6.07) is 4.57. The third-order valence-electron chi connectivity index (χ3n) is 2.97. The predicted molar refractivity (Wildman–Crippen MR) is 76.7 cm³/mol. The van der Waals surface area contributed by atoms with E-state index < -0.39 is 4.92 Å². The van der Waals surface area contributed by atoms with Crippen molar-refractivity contribution in [1.82, 2.24) is 0 Å². The van der Waals surface area contributed by atoms with Crippen molar-refractivity contribution in [2.24, 2.45) is 5.92 Å². The van der Waals surface area contributed by atoms with Gasteiger partial charge in [-0.1, -0.05) is 24.9 Å². The minimum Gasteiger partial charge on any atom is -0.396 e. The summed E-state index contributed by atoms with van der Waals surface area (Å²) in [7, 11) is 0. The van der Waals surface area contributed by atoms with E-state index in [1.54, 1.807) is 12.1 Å². The number of anilines is 1. The Morgan fingerprint density at radius 1 is 1.47 bits per heavy atom. The first-order chi connectivity index (χ1) is 9.08. The Kier molecular flexibility index (Phi) is 6.59. The smallest absolute Gasteiger partial charge is 0.293 e. The van der Waals surface area contributed by atoms with Crippen molar-refractivity contribution in [2.75, 3.05) is 18.5 Å². The van der Waals surface area contributed by atoms with Gasteiger partial charge in [0.1, 0.15) is 5.69 Å². The van der Waals surface area contributed by atoms with Crippen LogP contribution < -0.4 is 5.32 Å². The van der Waals surface area contributed by atoms with Crippen LogP contribution in [-0.2, 0) is 0 Å². The standard InChI is InChI=1S/C13H19ClN2O3/c1-2-3-10(6-7-17)9-15-12-5-4-11(14)8-13(12)16(18)19/h4-5,8,10,15,17H,2-3,6-7,9H2,1H3. The number of benzene rings is 1.